The van der Waals surface area contributed by atoms with Crippen molar-refractivity contribution in [3.63, 3.8) is 0 Å². The fourth-order valence-corrected chi connectivity index (χ4v) is 2.29. The molecule has 3 N–H and O–H groups in total. The predicted octanol–water partition coefficient (Wildman–Crippen LogP) is 1.47. The number of aromatic nitrogens is 3. The maximum Gasteiger partial charge on any atom is 0.239 e. The monoisotopic (exact) mass is 264 g/mol. The van der Waals surface area contributed by atoms with Gasteiger partial charge >= 0.3 is 0 Å². The maximum absolute atomic E-state index is 5.32. The van der Waals surface area contributed by atoms with E-state index < -0.39 is 0 Å². The second-order valence-corrected chi connectivity index (χ2v) is 5.12. The quantitative estimate of drug-likeness (QED) is 0.643. The Balaban J connectivity index is 2.20. The van der Waals surface area contributed by atoms with Gasteiger partial charge in [0.1, 0.15) is 5.82 Å². The van der Waals surface area contributed by atoms with Gasteiger partial charge in [0, 0.05) is 24.2 Å². The summed E-state index contributed by atoms with van der Waals surface area (Å²) < 4.78 is 0. The van der Waals surface area contributed by atoms with Crippen LogP contribution in [0.4, 0.5) is 11.8 Å². The fraction of sp³-hybridized carbons (Fsp3) is 0.364. The van der Waals surface area contributed by atoms with Crippen molar-refractivity contribution in [1.82, 2.24) is 15.0 Å². The molecule has 0 unspecified atom stereocenters. The third kappa shape index (κ3) is 2.74. The number of hydrazine groups is 1. The first kappa shape index (κ1) is 12.7. The zero-order valence-corrected chi connectivity index (χ0v) is 11.5. The number of hydrogen-bond acceptors (Lipinski definition) is 7. The molecular weight excluding hydrogens is 248 g/mol. The number of hydrogen-bond donors (Lipinski definition) is 2. The highest BCUT2D eigenvalue weighted by atomic mass is 32.1. The van der Waals surface area contributed by atoms with E-state index in [1.54, 1.807) is 17.5 Å². The van der Waals surface area contributed by atoms with Crippen LogP contribution in [0.25, 0.3) is 0 Å². The predicted molar refractivity (Wildman–Crippen MR) is 73.5 cm³/mol. The summed E-state index contributed by atoms with van der Waals surface area (Å²) in [7, 11) is 1.98. The molecule has 0 saturated heterocycles. The van der Waals surface area contributed by atoms with Gasteiger partial charge in [-0.3, -0.25) is 5.43 Å². The highest BCUT2D eigenvalue weighted by Crippen LogP contribution is 2.19. The molecule has 2 aromatic rings. The zero-order valence-electron chi connectivity index (χ0n) is 10.6. The maximum atomic E-state index is 5.32. The Morgan fingerprint density at radius 3 is 2.78 bits per heavy atom. The van der Waals surface area contributed by atoms with Crippen LogP contribution in [0.1, 0.15) is 16.3 Å². The largest absolute Gasteiger partial charge is 0.353 e. The molecule has 0 aliphatic carbocycles. The molecule has 2 rings (SSSR count). The van der Waals surface area contributed by atoms with Gasteiger partial charge in [0.15, 0.2) is 0 Å². The van der Waals surface area contributed by atoms with Gasteiger partial charge in [-0.05, 0) is 13.8 Å². The normalized spacial score (nSPS) is 10.4. The minimum Gasteiger partial charge on any atom is -0.353 e. The van der Waals surface area contributed by atoms with E-state index >= 15 is 0 Å². The van der Waals surface area contributed by atoms with E-state index in [9.17, 15) is 0 Å². The number of thiazole rings is 1. The third-order valence-corrected chi connectivity index (χ3v) is 3.32. The molecule has 0 saturated carbocycles. The Hall–Kier alpha value is -1.73. The van der Waals surface area contributed by atoms with Crippen LogP contribution >= 0.6 is 11.3 Å². The molecule has 0 spiro atoms. The SMILES string of the molecule is Cc1nc(CN(C)c2nc(NN)ncc2C)cs1. The lowest BCUT2D eigenvalue weighted by Crippen LogP contribution is -2.21. The second kappa shape index (κ2) is 5.28. The molecule has 0 aromatic carbocycles. The van der Waals surface area contributed by atoms with E-state index in [0.717, 1.165) is 22.1 Å². The number of aryl methyl sites for hydroxylation is 2. The van der Waals surface area contributed by atoms with E-state index in [4.69, 9.17) is 5.84 Å². The summed E-state index contributed by atoms with van der Waals surface area (Å²) in [6, 6.07) is 0. The smallest absolute Gasteiger partial charge is 0.239 e. The van der Waals surface area contributed by atoms with Crippen LogP contribution in [0.2, 0.25) is 0 Å². The molecule has 18 heavy (non-hydrogen) atoms. The second-order valence-electron chi connectivity index (χ2n) is 4.06. The third-order valence-electron chi connectivity index (χ3n) is 2.50. The Morgan fingerprint density at radius 1 is 1.39 bits per heavy atom. The molecule has 0 bridgehead atoms. The van der Waals surface area contributed by atoms with Gasteiger partial charge in [-0.25, -0.2) is 15.8 Å². The number of nitrogen functional groups attached to an aromatic ring is 1. The summed E-state index contributed by atoms with van der Waals surface area (Å²) in [4.78, 5) is 14.9. The fourth-order valence-electron chi connectivity index (χ4n) is 1.69. The van der Waals surface area contributed by atoms with Crippen molar-refractivity contribution in [1.29, 1.82) is 0 Å². The van der Waals surface area contributed by atoms with Crippen molar-refractivity contribution in [3.05, 3.63) is 27.8 Å². The first-order valence-electron chi connectivity index (χ1n) is 5.52. The van der Waals surface area contributed by atoms with Gasteiger partial charge in [-0.15, -0.1) is 11.3 Å². The first-order chi connectivity index (χ1) is 8.60. The van der Waals surface area contributed by atoms with Gasteiger partial charge in [-0.1, -0.05) is 0 Å². The Morgan fingerprint density at radius 2 is 2.17 bits per heavy atom. The van der Waals surface area contributed by atoms with Gasteiger partial charge in [-0.2, -0.15) is 4.98 Å². The van der Waals surface area contributed by atoms with Crippen LogP contribution in [0.5, 0.6) is 0 Å². The van der Waals surface area contributed by atoms with E-state index in [2.05, 4.69) is 25.8 Å². The zero-order chi connectivity index (χ0) is 13.1. The van der Waals surface area contributed by atoms with Crippen LogP contribution in [0.15, 0.2) is 11.6 Å². The Kier molecular flexibility index (Phi) is 3.73. The van der Waals surface area contributed by atoms with Crippen LogP contribution in [0.3, 0.4) is 0 Å². The minimum atomic E-state index is 0.414. The average Bonchev–Trinajstić information content (AvgIpc) is 2.75. The summed E-state index contributed by atoms with van der Waals surface area (Å²) in [5.41, 5.74) is 4.50. The van der Waals surface area contributed by atoms with Gasteiger partial charge in [0.05, 0.1) is 17.2 Å². The number of nitrogens with one attached hydrogen (secondary N) is 1. The molecule has 2 heterocycles. The van der Waals surface area contributed by atoms with E-state index in [0.29, 0.717) is 12.5 Å². The number of rotatable bonds is 4. The van der Waals surface area contributed by atoms with Crippen molar-refractivity contribution >= 4 is 23.1 Å². The Labute approximate surface area is 110 Å². The molecule has 0 atom stereocenters. The van der Waals surface area contributed by atoms with Crippen LogP contribution in [-0.4, -0.2) is 22.0 Å². The molecule has 96 valence electrons. The van der Waals surface area contributed by atoms with Crippen LogP contribution in [0, 0.1) is 13.8 Å². The average molecular weight is 264 g/mol. The van der Waals surface area contributed by atoms with Crippen LogP contribution < -0.4 is 16.2 Å². The van der Waals surface area contributed by atoms with E-state index in [-0.39, 0.29) is 0 Å². The molecule has 0 radical (unpaired) electrons. The van der Waals surface area contributed by atoms with Crippen molar-refractivity contribution < 1.29 is 0 Å². The van der Waals surface area contributed by atoms with Crippen molar-refractivity contribution in [2.24, 2.45) is 5.84 Å². The Bertz CT molecular complexity index is 538. The number of nitrogens with two attached hydrogens (primary N) is 1. The van der Waals surface area contributed by atoms with Crippen molar-refractivity contribution in [2.45, 2.75) is 20.4 Å². The number of nitrogens with zero attached hydrogens (tertiary/aromatic N) is 4. The topological polar surface area (TPSA) is 80.0 Å². The molecule has 7 heteroatoms. The lowest BCUT2D eigenvalue weighted by atomic mass is 10.3. The summed E-state index contributed by atoms with van der Waals surface area (Å²) >= 11 is 1.65. The highest BCUT2D eigenvalue weighted by molar-refractivity contribution is 7.09. The van der Waals surface area contributed by atoms with Gasteiger partial charge < -0.3 is 4.90 Å². The molecule has 6 nitrogen and oxygen atoms in total. The minimum absolute atomic E-state index is 0.414. The van der Waals surface area contributed by atoms with Crippen LogP contribution in [-0.2, 0) is 6.54 Å². The van der Waals surface area contributed by atoms with Crippen molar-refractivity contribution in [3.8, 4) is 0 Å². The molecular formula is C11H16N6S. The van der Waals surface area contributed by atoms with E-state index in [1.165, 1.54) is 0 Å². The number of anilines is 2. The summed E-state index contributed by atoms with van der Waals surface area (Å²) in [5, 5.41) is 3.13. The van der Waals surface area contributed by atoms with Gasteiger partial charge in [0.25, 0.3) is 0 Å². The summed E-state index contributed by atoms with van der Waals surface area (Å²) in [6.45, 7) is 4.69. The molecule has 0 aliphatic rings. The molecule has 0 fully saturated rings. The summed E-state index contributed by atoms with van der Waals surface area (Å²) in [6.07, 6.45) is 1.75. The van der Waals surface area contributed by atoms with E-state index in [1.807, 2.05) is 25.8 Å². The lowest BCUT2D eigenvalue weighted by molar-refractivity contribution is 0.858. The molecule has 0 amide bonds. The molecule has 0 aliphatic heterocycles. The highest BCUT2D eigenvalue weighted by Gasteiger charge is 2.10. The molecule has 2 aromatic heterocycles. The summed E-state index contributed by atoms with van der Waals surface area (Å²) in [5.74, 6) is 6.59. The standard InChI is InChI=1S/C11H16N6S/c1-7-4-13-11(16-12)15-10(7)17(3)5-9-6-18-8(2)14-9/h4,6H,5,12H2,1-3H3,(H,13,15,16). The first-order valence-corrected chi connectivity index (χ1v) is 6.40. The van der Waals surface area contributed by atoms with Gasteiger partial charge in [0.2, 0.25) is 5.95 Å². The van der Waals surface area contributed by atoms with Crippen molar-refractivity contribution in [2.75, 3.05) is 17.4 Å². The lowest BCUT2D eigenvalue weighted by Gasteiger charge is -2.19.